The first kappa shape index (κ1) is 7.13. The van der Waals surface area contributed by atoms with Crippen LogP contribution in [0.2, 0.25) is 0 Å². The van der Waals surface area contributed by atoms with Crippen molar-refractivity contribution in [2.45, 2.75) is 6.36 Å². The van der Waals surface area contributed by atoms with Crippen molar-refractivity contribution in [2.24, 2.45) is 5.73 Å². The van der Waals surface area contributed by atoms with Crippen molar-refractivity contribution in [2.75, 3.05) is 6.67 Å². The van der Waals surface area contributed by atoms with Crippen molar-refractivity contribution in [1.82, 2.24) is 0 Å². The minimum Gasteiger partial charge on any atom is -0.412 e. The van der Waals surface area contributed by atoms with Gasteiger partial charge in [0.1, 0.15) is 0 Å². The van der Waals surface area contributed by atoms with Gasteiger partial charge in [0.05, 0.1) is 0 Å². The molecule has 2 N–H and O–H groups in total. The second-order valence-corrected chi connectivity index (χ2v) is 1.00. The molecule has 0 spiro atoms. The topological polar surface area (TPSA) is 52.3 Å². The monoisotopic (exact) mass is 125 g/mol. The number of primary amides is 1. The van der Waals surface area contributed by atoms with Crippen molar-refractivity contribution in [3.05, 3.63) is 0 Å². The first-order chi connectivity index (χ1) is 3.66. The highest BCUT2D eigenvalue weighted by Crippen LogP contribution is 1.92. The highest BCUT2D eigenvalue weighted by Gasteiger charge is 2.07. The van der Waals surface area contributed by atoms with Crippen LogP contribution in [0.25, 0.3) is 0 Å². The second-order valence-electron chi connectivity index (χ2n) is 1.00. The molecule has 1 atom stereocenters. The van der Waals surface area contributed by atoms with E-state index in [1.54, 1.807) is 0 Å². The van der Waals surface area contributed by atoms with Gasteiger partial charge in [0.2, 0.25) is 0 Å². The number of ether oxygens (including phenoxy) is 1. The summed E-state index contributed by atoms with van der Waals surface area (Å²) in [7, 11) is 0. The first-order valence-electron chi connectivity index (χ1n) is 1.83. The summed E-state index contributed by atoms with van der Waals surface area (Å²) in [5, 5.41) is 0. The molecule has 1 unspecified atom stereocenters. The molecule has 0 aliphatic carbocycles. The van der Waals surface area contributed by atoms with E-state index in [1.807, 2.05) is 0 Å². The van der Waals surface area contributed by atoms with Crippen LogP contribution in [-0.2, 0) is 4.74 Å². The molecule has 0 bridgehead atoms. The van der Waals surface area contributed by atoms with Gasteiger partial charge in [-0.05, 0) is 0 Å². The Kier molecular flexibility index (Phi) is 2.83. The van der Waals surface area contributed by atoms with Crippen LogP contribution in [-0.4, -0.2) is 19.1 Å². The third kappa shape index (κ3) is 3.32. The van der Waals surface area contributed by atoms with Gasteiger partial charge >= 0.3 is 6.09 Å². The lowest BCUT2D eigenvalue weighted by Crippen LogP contribution is -2.20. The van der Waals surface area contributed by atoms with Gasteiger partial charge in [-0.15, -0.1) is 0 Å². The Balaban J connectivity index is 3.24. The Bertz CT molecular complexity index is 87.4. The van der Waals surface area contributed by atoms with Crippen LogP contribution in [0.5, 0.6) is 0 Å². The van der Waals surface area contributed by atoms with E-state index in [-0.39, 0.29) is 0 Å². The molecule has 0 aromatic rings. The van der Waals surface area contributed by atoms with Gasteiger partial charge in [0.15, 0.2) is 6.67 Å². The fourth-order valence-electron chi connectivity index (χ4n) is 0.158. The van der Waals surface area contributed by atoms with Crippen LogP contribution in [0.4, 0.5) is 13.6 Å². The lowest BCUT2D eigenvalue weighted by Gasteiger charge is -2.00. The van der Waals surface area contributed by atoms with Gasteiger partial charge in [0, 0.05) is 0 Å². The molecule has 0 saturated heterocycles. The molecule has 5 heteroatoms. The van der Waals surface area contributed by atoms with Crippen molar-refractivity contribution < 1.29 is 18.3 Å². The van der Waals surface area contributed by atoms with E-state index in [4.69, 9.17) is 0 Å². The van der Waals surface area contributed by atoms with Crippen LogP contribution in [0.3, 0.4) is 0 Å². The number of carbonyl (C=O) groups is 1. The lowest BCUT2D eigenvalue weighted by molar-refractivity contribution is 0.00259. The molecule has 8 heavy (non-hydrogen) atoms. The molecule has 0 rings (SSSR count). The average molecular weight is 125 g/mol. The van der Waals surface area contributed by atoms with Crippen LogP contribution >= 0.6 is 0 Å². The predicted molar refractivity (Wildman–Crippen MR) is 21.5 cm³/mol. The van der Waals surface area contributed by atoms with E-state index in [1.165, 1.54) is 0 Å². The number of halogens is 2. The molecule has 0 radical (unpaired) electrons. The fourth-order valence-corrected chi connectivity index (χ4v) is 0.158. The summed E-state index contributed by atoms with van der Waals surface area (Å²) in [5.74, 6) is 0. The first-order valence-corrected chi connectivity index (χ1v) is 1.83. The predicted octanol–water partition coefficient (Wildman–Crippen LogP) is 0.347. The van der Waals surface area contributed by atoms with Gasteiger partial charge in [-0.3, -0.25) is 0 Å². The summed E-state index contributed by atoms with van der Waals surface area (Å²) in [5.41, 5.74) is 4.30. The standard InChI is InChI=1S/C3H5F2NO2/c4-1-2(5)8-3(6)7/h2H,1H2,(H2,6,7). The number of hydrogen-bond donors (Lipinski definition) is 1. The molecular weight excluding hydrogens is 120 g/mol. The third-order valence-electron chi connectivity index (χ3n) is 0.365. The van der Waals surface area contributed by atoms with E-state index in [0.717, 1.165) is 0 Å². The van der Waals surface area contributed by atoms with Crippen LogP contribution < -0.4 is 5.73 Å². The summed E-state index contributed by atoms with van der Waals surface area (Å²) in [6, 6.07) is 0. The maximum absolute atomic E-state index is 11.5. The zero-order valence-corrected chi connectivity index (χ0v) is 3.93. The number of alkyl halides is 2. The maximum Gasteiger partial charge on any atom is 0.407 e. The summed E-state index contributed by atoms with van der Waals surface area (Å²) in [6.45, 7) is -1.36. The summed E-state index contributed by atoms with van der Waals surface area (Å²) < 4.78 is 26.0. The SMILES string of the molecule is NC(=O)OC(F)CF. The van der Waals surface area contributed by atoms with Crippen molar-refractivity contribution in [1.29, 1.82) is 0 Å². The summed E-state index contributed by atoms with van der Waals surface area (Å²) >= 11 is 0. The van der Waals surface area contributed by atoms with Crippen molar-refractivity contribution >= 4 is 6.09 Å². The van der Waals surface area contributed by atoms with E-state index < -0.39 is 19.1 Å². The summed E-state index contributed by atoms with van der Waals surface area (Å²) in [4.78, 5) is 9.56. The highest BCUT2D eigenvalue weighted by molar-refractivity contribution is 5.64. The van der Waals surface area contributed by atoms with Gasteiger partial charge < -0.3 is 10.5 Å². The molecule has 0 heterocycles. The molecule has 3 nitrogen and oxygen atoms in total. The minimum atomic E-state index is -2.22. The highest BCUT2D eigenvalue weighted by atomic mass is 19.2. The van der Waals surface area contributed by atoms with Crippen molar-refractivity contribution in [3.63, 3.8) is 0 Å². The number of nitrogens with two attached hydrogens (primary N) is 1. The lowest BCUT2D eigenvalue weighted by atomic mass is 10.8. The fraction of sp³-hybridized carbons (Fsp3) is 0.667. The molecular formula is C3H5F2NO2. The second kappa shape index (κ2) is 3.17. The molecule has 1 amide bonds. The normalized spacial score (nSPS) is 12.8. The third-order valence-corrected chi connectivity index (χ3v) is 0.365. The molecule has 0 fully saturated rings. The zero-order chi connectivity index (χ0) is 6.57. The van der Waals surface area contributed by atoms with E-state index in [0.29, 0.717) is 0 Å². The largest absolute Gasteiger partial charge is 0.412 e. The zero-order valence-electron chi connectivity index (χ0n) is 3.93. The van der Waals surface area contributed by atoms with E-state index in [9.17, 15) is 13.6 Å². The van der Waals surface area contributed by atoms with Crippen LogP contribution in [0.15, 0.2) is 0 Å². The Morgan fingerprint density at radius 2 is 2.38 bits per heavy atom. The van der Waals surface area contributed by atoms with Gasteiger partial charge in [0.25, 0.3) is 6.36 Å². The number of amides is 1. The molecule has 0 aromatic carbocycles. The smallest absolute Gasteiger partial charge is 0.407 e. The maximum atomic E-state index is 11.5. The molecule has 0 saturated carbocycles. The molecule has 0 aliphatic rings. The molecule has 0 aliphatic heterocycles. The van der Waals surface area contributed by atoms with Crippen LogP contribution in [0, 0.1) is 0 Å². The van der Waals surface area contributed by atoms with Crippen LogP contribution in [0.1, 0.15) is 0 Å². The quantitative estimate of drug-likeness (QED) is 0.578. The number of hydrogen-bond acceptors (Lipinski definition) is 2. The number of carbonyl (C=O) groups excluding carboxylic acids is 1. The van der Waals surface area contributed by atoms with Gasteiger partial charge in [-0.2, -0.15) is 4.39 Å². The van der Waals surface area contributed by atoms with E-state index >= 15 is 0 Å². The van der Waals surface area contributed by atoms with Gasteiger partial charge in [-0.1, -0.05) is 0 Å². The molecule has 0 aromatic heterocycles. The Morgan fingerprint density at radius 1 is 1.88 bits per heavy atom. The minimum absolute atomic E-state index is 1.31. The number of rotatable bonds is 2. The van der Waals surface area contributed by atoms with Gasteiger partial charge in [-0.25, -0.2) is 9.18 Å². The molecule has 48 valence electrons. The average Bonchev–Trinajstić information content (AvgIpc) is 1.65. The summed E-state index contributed by atoms with van der Waals surface area (Å²) in [6.07, 6.45) is -3.53. The Labute approximate surface area is 44.4 Å². The Hall–Kier alpha value is -0.870. The van der Waals surface area contributed by atoms with Crippen molar-refractivity contribution in [3.8, 4) is 0 Å². The Morgan fingerprint density at radius 3 is 2.50 bits per heavy atom. The van der Waals surface area contributed by atoms with E-state index in [2.05, 4.69) is 10.5 Å².